The summed E-state index contributed by atoms with van der Waals surface area (Å²) in [4.78, 5) is 2.66. The Morgan fingerprint density at radius 1 is 1.37 bits per heavy atom. The highest BCUT2D eigenvalue weighted by atomic mass is 32.1. The standard InChI is InChI=1S/C13H21F3N2S/c1-3-7-18(10-13(14,15)16)8-6-17-11(2)12-5-4-9-19-12/h4-5,9,11,17H,3,6-8,10H2,1-2H3. The number of thiophene rings is 1. The Balaban J connectivity index is 2.31. The van der Waals surface area contributed by atoms with Crippen molar-refractivity contribution in [1.82, 2.24) is 10.2 Å². The Kier molecular flexibility index (Phi) is 6.82. The molecule has 1 unspecified atom stereocenters. The van der Waals surface area contributed by atoms with Crippen LogP contribution in [0.25, 0.3) is 0 Å². The maximum Gasteiger partial charge on any atom is 0.401 e. The van der Waals surface area contributed by atoms with Gasteiger partial charge in [-0.05, 0) is 31.3 Å². The zero-order valence-corrected chi connectivity index (χ0v) is 12.2. The van der Waals surface area contributed by atoms with Gasteiger partial charge < -0.3 is 5.32 Å². The Morgan fingerprint density at radius 2 is 2.11 bits per heavy atom. The quantitative estimate of drug-likeness (QED) is 0.787. The second-order valence-corrected chi connectivity index (χ2v) is 5.56. The van der Waals surface area contributed by atoms with Crippen molar-refractivity contribution < 1.29 is 13.2 Å². The van der Waals surface area contributed by atoms with Gasteiger partial charge in [-0.2, -0.15) is 13.2 Å². The fourth-order valence-electron chi connectivity index (χ4n) is 1.92. The number of alkyl halides is 3. The molecule has 1 aromatic rings. The fraction of sp³-hybridized carbons (Fsp3) is 0.692. The average molecular weight is 294 g/mol. The van der Waals surface area contributed by atoms with Crippen LogP contribution in [-0.4, -0.2) is 37.3 Å². The molecule has 6 heteroatoms. The average Bonchev–Trinajstić information content (AvgIpc) is 2.80. The first kappa shape index (κ1) is 16.5. The third kappa shape index (κ3) is 6.94. The van der Waals surface area contributed by atoms with Crippen molar-refractivity contribution in [3.05, 3.63) is 22.4 Å². The van der Waals surface area contributed by atoms with Gasteiger partial charge in [0.25, 0.3) is 0 Å². The summed E-state index contributed by atoms with van der Waals surface area (Å²) in [5.74, 6) is 0. The lowest BCUT2D eigenvalue weighted by molar-refractivity contribution is -0.145. The monoisotopic (exact) mass is 294 g/mol. The largest absolute Gasteiger partial charge is 0.401 e. The molecule has 0 amide bonds. The Labute approximate surface area is 116 Å². The molecule has 0 radical (unpaired) electrons. The van der Waals surface area contributed by atoms with E-state index in [-0.39, 0.29) is 6.04 Å². The van der Waals surface area contributed by atoms with Crippen LogP contribution in [0.2, 0.25) is 0 Å². The summed E-state index contributed by atoms with van der Waals surface area (Å²) in [7, 11) is 0. The van der Waals surface area contributed by atoms with Gasteiger partial charge in [-0.3, -0.25) is 4.90 Å². The molecule has 19 heavy (non-hydrogen) atoms. The molecule has 0 aromatic carbocycles. The first-order chi connectivity index (χ1) is 8.92. The number of nitrogens with one attached hydrogen (secondary N) is 1. The van der Waals surface area contributed by atoms with E-state index in [0.29, 0.717) is 19.6 Å². The van der Waals surface area contributed by atoms with Gasteiger partial charge >= 0.3 is 6.18 Å². The molecule has 0 aliphatic heterocycles. The summed E-state index contributed by atoms with van der Waals surface area (Å²) in [5.41, 5.74) is 0. The highest BCUT2D eigenvalue weighted by Gasteiger charge is 2.30. The van der Waals surface area contributed by atoms with Gasteiger partial charge in [0.1, 0.15) is 0 Å². The molecule has 1 atom stereocenters. The molecule has 0 aliphatic carbocycles. The molecule has 2 nitrogen and oxygen atoms in total. The topological polar surface area (TPSA) is 15.3 Å². The molecule has 0 spiro atoms. The fourth-order valence-corrected chi connectivity index (χ4v) is 2.68. The van der Waals surface area contributed by atoms with E-state index in [4.69, 9.17) is 0 Å². The number of hydrogen-bond donors (Lipinski definition) is 1. The molecular formula is C13H21F3N2S. The van der Waals surface area contributed by atoms with Crippen molar-refractivity contribution in [2.45, 2.75) is 32.5 Å². The molecule has 0 bridgehead atoms. The van der Waals surface area contributed by atoms with Crippen LogP contribution in [0.4, 0.5) is 13.2 Å². The predicted octanol–water partition coefficient (Wildman–Crippen LogP) is 3.67. The number of rotatable bonds is 8. The highest BCUT2D eigenvalue weighted by Crippen LogP contribution is 2.18. The van der Waals surface area contributed by atoms with Gasteiger partial charge in [-0.1, -0.05) is 13.0 Å². The van der Waals surface area contributed by atoms with E-state index in [0.717, 1.165) is 6.42 Å². The van der Waals surface area contributed by atoms with E-state index in [1.165, 1.54) is 9.78 Å². The SMILES string of the molecule is CCCN(CCNC(C)c1cccs1)CC(F)(F)F. The molecule has 0 aliphatic rings. The maximum atomic E-state index is 12.4. The Hall–Kier alpha value is -0.590. The second-order valence-electron chi connectivity index (χ2n) is 4.58. The van der Waals surface area contributed by atoms with Crippen molar-refractivity contribution in [3.8, 4) is 0 Å². The number of halogens is 3. The maximum absolute atomic E-state index is 12.4. The third-order valence-corrected chi connectivity index (χ3v) is 3.85. The van der Waals surface area contributed by atoms with Gasteiger partial charge in [0, 0.05) is 24.0 Å². The molecule has 1 rings (SSSR count). The van der Waals surface area contributed by atoms with Gasteiger partial charge in [-0.15, -0.1) is 11.3 Å². The summed E-state index contributed by atoms with van der Waals surface area (Å²) < 4.78 is 37.1. The zero-order chi connectivity index (χ0) is 14.3. The lowest BCUT2D eigenvalue weighted by Crippen LogP contribution is -2.39. The van der Waals surface area contributed by atoms with E-state index >= 15 is 0 Å². The van der Waals surface area contributed by atoms with Crippen molar-refractivity contribution in [1.29, 1.82) is 0 Å². The molecule has 0 saturated carbocycles. The van der Waals surface area contributed by atoms with Crippen LogP contribution >= 0.6 is 11.3 Å². The molecule has 0 fully saturated rings. The smallest absolute Gasteiger partial charge is 0.308 e. The van der Waals surface area contributed by atoms with Crippen molar-refractivity contribution in [2.75, 3.05) is 26.2 Å². The van der Waals surface area contributed by atoms with Crippen LogP contribution < -0.4 is 5.32 Å². The van der Waals surface area contributed by atoms with Crippen molar-refractivity contribution in [2.24, 2.45) is 0 Å². The van der Waals surface area contributed by atoms with E-state index < -0.39 is 12.7 Å². The van der Waals surface area contributed by atoms with Gasteiger partial charge in [0.05, 0.1) is 6.54 Å². The molecule has 110 valence electrons. The van der Waals surface area contributed by atoms with Crippen LogP contribution in [0.1, 0.15) is 31.2 Å². The Morgan fingerprint density at radius 3 is 2.63 bits per heavy atom. The van der Waals surface area contributed by atoms with E-state index in [9.17, 15) is 13.2 Å². The minimum atomic E-state index is -4.12. The van der Waals surface area contributed by atoms with E-state index in [2.05, 4.69) is 5.32 Å². The van der Waals surface area contributed by atoms with Crippen LogP contribution in [0.5, 0.6) is 0 Å². The number of nitrogens with zero attached hydrogens (tertiary/aromatic N) is 1. The summed E-state index contributed by atoms with van der Waals surface area (Å²) in [6.07, 6.45) is -3.38. The number of hydrogen-bond acceptors (Lipinski definition) is 3. The summed E-state index contributed by atoms with van der Waals surface area (Å²) >= 11 is 1.65. The van der Waals surface area contributed by atoms with Crippen LogP contribution in [0.3, 0.4) is 0 Å². The molecule has 1 N–H and O–H groups in total. The molecule has 1 heterocycles. The minimum absolute atomic E-state index is 0.189. The van der Waals surface area contributed by atoms with E-state index in [1.54, 1.807) is 11.3 Å². The van der Waals surface area contributed by atoms with Gasteiger partial charge in [0.2, 0.25) is 0 Å². The lowest BCUT2D eigenvalue weighted by Gasteiger charge is -2.24. The van der Waals surface area contributed by atoms with Gasteiger partial charge in [-0.25, -0.2) is 0 Å². The third-order valence-electron chi connectivity index (χ3n) is 2.79. The van der Waals surface area contributed by atoms with Crippen LogP contribution in [0, 0.1) is 0 Å². The van der Waals surface area contributed by atoms with Crippen LogP contribution in [-0.2, 0) is 0 Å². The molecule has 1 aromatic heterocycles. The second kappa shape index (κ2) is 7.87. The molecular weight excluding hydrogens is 273 g/mol. The predicted molar refractivity (Wildman–Crippen MR) is 73.5 cm³/mol. The lowest BCUT2D eigenvalue weighted by atomic mass is 10.2. The van der Waals surface area contributed by atoms with E-state index in [1.807, 2.05) is 31.4 Å². The summed E-state index contributed by atoms with van der Waals surface area (Å²) in [6, 6.07) is 4.20. The zero-order valence-electron chi connectivity index (χ0n) is 11.3. The summed E-state index contributed by atoms with van der Waals surface area (Å²) in [5, 5.41) is 5.26. The minimum Gasteiger partial charge on any atom is -0.308 e. The molecule has 0 saturated heterocycles. The Bertz CT molecular complexity index is 338. The normalized spacial score (nSPS) is 14.0. The first-order valence-electron chi connectivity index (χ1n) is 6.48. The summed E-state index contributed by atoms with van der Waals surface area (Å²) in [6.45, 7) is 4.56. The van der Waals surface area contributed by atoms with Crippen molar-refractivity contribution >= 4 is 11.3 Å². The van der Waals surface area contributed by atoms with Gasteiger partial charge in [0.15, 0.2) is 0 Å². The first-order valence-corrected chi connectivity index (χ1v) is 7.36. The van der Waals surface area contributed by atoms with Crippen LogP contribution in [0.15, 0.2) is 17.5 Å². The van der Waals surface area contributed by atoms with Crippen molar-refractivity contribution in [3.63, 3.8) is 0 Å². The highest BCUT2D eigenvalue weighted by molar-refractivity contribution is 7.10.